The van der Waals surface area contributed by atoms with Gasteiger partial charge >= 0.3 is 0 Å². The second kappa shape index (κ2) is 7.88. The van der Waals surface area contributed by atoms with Crippen molar-refractivity contribution >= 4 is 12.1 Å². The molecule has 0 atom stereocenters. The molecule has 0 saturated carbocycles. The summed E-state index contributed by atoms with van der Waals surface area (Å²) in [5, 5.41) is 14.9. The van der Waals surface area contributed by atoms with Crippen molar-refractivity contribution in [1.29, 1.82) is 0 Å². The van der Waals surface area contributed by atoms with Crippen molar-refractivity contribution in [1.82, 2.24) is 25.6 Å². The molecule has 0 bridgehead atoms. The van der Waals surface area contributed by atoms with Gasteiger partial charge in [-0.25, -0.2) is 10.1 Å². The van der Waals surface area contributed by atoms with Crippen LogP contribution in [-0.2, 0) is 0 Å². The monoisotopic (exact) mass is 352 g/mol. The van der Waals surface area contributed by atoms with Crippen molar-refractivity contribution in [2.45, 2.75) is 0 Å². The summed E-state index contributed by atoms with van der Waals surface area (Å²) >= 11 is 0. The number of rotatable bonds is 6. The number of methoxy groups -OCH3 is 2. The highest BCUT2D eigenvalue weighted by molar-refractivity contribution is 5.95. The Morgan fingerprint density at radius 3 is 2.62 bits per heavy atom. The minimum atomic E-state index is -0.336. The number of benzene rings is 2. The Kier molecular flexibility index (Phi) is 5.18. The highest BCUT2D eigenvalue weighted by Crippen LogP contribution is 2.23. The molecule has 0 saturated heterocycles. The third kappa shape index (κ3) is 3.83. The number of tetrazole rings is 1. The van der Waals surface area contributed by atoms with Gasteiger partial charge in [0.1, 0.15) is 17.8 Å². The van der Waals surface area contributed by atoms with Crippen LogP contribution in [0.4, 0.5) is 0 Å². The molecule has 1 N–H and O–H groups in total. The first-order chi connectivity index (χ1) is 12.7. The number of hydrazone groups is 1. The van der Waals surface area contributed by atoms with Gasteiger partial charge in [0.05, 0.1) is 26.1 Å². The molecule has 0 unspecified atom stereocenters. The summed E-state index contributed by atoms with van der Waals surface area (Å²) in [6, 6.07) is 12.1. The van der Waals surface area contributed by atoms with Gasteiger partial charge in [0.25, 0.3) is 5.91 Å². The van der Waals surface area contributed by atoms with Crippen LogP contribution in [0, 0.1) is 0 Å². The molecule has 3 rings (SSSR count). The molecule has 0 aliphatic rings. The van der Waals surface area contributed by atoms with Gasteiger partial charge < -0.3 is 9.47 Å². The number of amides is 1. The van der Waals surface area contributed by atoms with E-state index in [0.717, 1.165) is 5.69 Å². The van der Waals surface area contributed by atoms with E-state index in [0.29, 0.717) is 22.6 Å². The molecule has 1 heterocycles. The molecule has 9 nitrogen and oxygen atoms in total. The lowest BCUT2D eigenvalue weighted by molar-refractivity contribution is 0.0955. The summed E-state index contributed by atoms with van der Waals surface area (Å²) in [7, 11) is 3.13. The Bertz CT molecular complexity index is 907. The molecule has 26 heavy (non-hydrogen) atoms. The van der Waals surface area contributed by atoms with Gasteiger partial charge in [0.15, 0.2) is 0 Å². The topological polar surface area (TPSA) is 104 Å². The van der Waals surface area contributed by atoms with Crippen molar-refractivity contribution in [2.24, 2.45) is 5.10 Å². The summed E-state index contributed by atoms with van der Waals surface area (Å²) in [6.07, 6.45) is 2.98. The molecule has 2 aromatic carbocycles. The van der Waals surface area contributed by atoms with Gasteiger partial charge in [0.2, 0.25) is 0 Å². The summed E-state index contributed by atoms with van der Waals surface area (Å²) in [5.74, 6) is 0.927. The fourth-order valence-electron chi connectivity index (χ4n) is 2.20. The van der Waals surface area contributed by atoms with E-state index in [1.165, 1.54) is 17.2 Å². The fraction of sp³-hybridized carbons (Fsp3) is 0.118. The van der Waals surface area contributed by atoms with Crippen LogP contribution >= 0.6 is 0 Å². The fourth-order valence-corrected chi connectivity index (χ4v) is 2.20. The molecule has 132 valence electrons. The molecule has 9 heteroatoms. The molecular formula is C17H16N6O3. The number of carbonyl (C=O) groups is 1. The van der Waals surface area contributed by atoms with Crippen LogP contribution in [-0.4, -0.2) is 46.5 Å². The smallest absolute Gasteiger partial charge is 0.271 e. The molecular weight excluding hydrogens is 336 g/mol. The van der Waals surface area contributed by atoms with Gasteiger partial charge in [-0.3, -0.25) is 4.79 Å². The number of nitrogens with one attached hydrogen (secondary N) is 1. The van der Waals surface area contributed by atoms with E-state index in [9.17, 15) is 4.79 Å². The third-order valence-electron chi connectivity index (χ3n) is 3.55. The maximum atomic E-state index is 12.2. The minimum Gasteiger partial charge on any atom is -0.497 e. The van der Waals surface area contributed by atoms with Crippen molar-refractivity contribution in [3.63, 3.8) is 0 Å². The normalized spacial score (nSPS) is 10.7. The van der Waals surface area contributed by atoms with Gasteiger partial charge in [-0.2, -0.15) is 5.10 Å². The first-order valence-corrected chi connectivity index (χ1v) is 7.60. The molecule has 0 radical (unpaired) electrons. The quantitative estimate of drug-likeness (QED) is 0.532. The van der Waals surface area contributed by atoms with Gasteiger partial charge in [-0.1, -0.05) is 0 Å². The number of nitrogens with zero attached hydrogens (tertiary/aromatic N) is 5. The number of ether oxygens (including phenoxy) is 2. The van der Waals surface area contributed by atoms with Crippen LogP contribution < -0.4 is 14.9 Å². The van der Waals surface area contributed by atoms with Crippen LogP contribution in [0.3, 0.4) is 0 Å². The van der Waals surface area contributed by atoms with Crippen molar-refractivity contribution in [2.75, 3.05) is 14.2 Å². The van der Waals surface area contributed by atoms with Crippen molar-refractivity contribution < 1.29 is 14.3 Å². The molecule has 1 aromatic heterocycles. The van der Waals surface area contributed by atoms with E-state index in [4.69, 9.17) is 9.47 Å². The second-order valence-electron chi connectivity index (χ2n) is 5.11. The summed E-state index contributed by atoms with van der Waals surface area (Å²) in [4.78, 5) is 12.2. The predicted molar refractivity (Wildman–Crippen MR) is 93.8 cm³/mol. The minimum absolute atomic E-state index is 0.336. The zero-order chi connectivity index (χ0) is 18.4. The van der Waals surface area contributed by atoms with Crippen molar-refractivity contribution in [3.8, 4) is 17.2 Å². The van der Waals surface area contributed by atoms with Gasteiger partial charge in [-0.05, 0) is 46.8 Å². The number of carbonyl (C=O) groups excluding carboxylic acids is 1. The number of hydrogen-bond donors (Lipinski definition) is 1. The second-order valence-corrected chi connectivity index (χ2v) is 5.11. The first-order valence-electron chi connectivity index (χ1n) is 7.60. The maximum Gasteiger partial charge on any atom is 0.271 e. The van der Waals surface area contributed by atoms with Crippen LogP contribution in [0.2, 0.25) is 0 Å². The predicted octanol–water partition coefficient (Wildman–Crippen LogP) is 1.44. The first kappa shape index (κ1) is 17.1. The average Bonchev–Trinajstić information content (AvgIpc) is 3.23. The Hall–Kier alpha value is -3.75. The SMILES string of the molecule is COc1ccc(/C=N/NC(=O)c2ccc(-n3cnnn3)cc2)c(OC)c1. The molecule has 0 aliphatic carbocycles. The standard InChI is InChI=1S/C17H16N6O3/c1-25-15-8-5-13(16(9-15)26-2)10-18-20-17(24)12-3-6-14(7-4-12)23-11-19-21-22-23/h3-11H,1-2H3,(H,20,24)/b18-10+. The highest BCUT2D eigenvalue weighted by Gasteiger charge is 2.06. The van der Waals surface area contributed by atoms with E-state index in [2.05, 4.69) is 26.1 Å². The van der Waals surface area contributed by atoms with Crippen LogP contribution in [0.15, 0.2) is 53.9 Å². The summed E-state index contributed by atoms with van der Waals surface area (Å²) in [6.45, 7) is 0. The average molecular weight is 352 g/mol. The Morgan fingerprint density at radius 2 is 1.96 bits per heavy atom. The van der Waals surface area contributed by atoms with Crippen LogP contribution in [0.1, 0.15) is 15.9 Å². The zero-order valence-electron chi connectivity index (χ0n) is 14.2. The summed E-state index contributed by atoms with van der Waals surface area (Å²) in [5.41, 5.74) is 4.40. The van der Waals surface area contributed by atoms with E-state index in [-0.39, 0.29) is 5.91 Å². The Morgan fingerprint density at radius 1 is 1.15 bits per heavy atom. The van der Waals surface area contributed by atoms with Crippen LogP contribution in [0.5, 0.6) is 11.5 Å². The highest BCUT2D eigenvalue weighted by atomic mass is 16.5. The number of aromatic nitrogens is 4. The summed E-state index contributed by atoms with van der Waals surface area (Å²) < 4.78 is 11.9. The number of hydrogen-bond acceptors (Lipinski definition) is 7. The molecule has 0 aliphatic heterocycles. The van der Waals surface area contributed by atoms with Gasteiger partial charge in [0, 0.05) is 17.2 Å². The van der Waals surface area contributed by atoms with E-state index >= 15 is 0 Å². The molecule has 0 spiro atoms. The lowest BCUT2D eigenvalue weighted by Crippen LogP contribution is -2.17. The Balaban J connectivity index is 1.66. The third-order valence-corrected chi connectivity index (χ3v) is 3.55. The molecule has 3 aromatic rings. The van der Waals surface area contributed by atoms with E-state index < -0.39 is 0 Å². The van der Waals surface area contributed by atoms with Gasteiger partial charge in [-0.15, -0.1) is 5.10 Å². The lowest BCUT2D eigenvalue weighted by Gasteiger charge is -2.07. The van der Waals surface area contributed by atoms with Crippen LogP contribution in [0.25, 0.3) is 5.69 Å². The Labute approximate surface area is 149 Å². The maximum absolute atomic E-state index is 12.2. The van der Waals surface area contributed by atoms with E-state index in [1.54, 1.807) is 56.7 Å². The molecule has 0 fully saturated rings. The van der Waals surface area contributed by atoms with Crippen molar-refractivity contribution in [3.05, 3.63) is 59.9 Å². The van der Waals surface area contributed by atoms with E-state index in [1.807, 2.05) is 0 Å². The lowest BCUT2D eigenvalue weighted by atomic mass is 10.2. The zero-order valence-corrected chi connectivity index (χ0v) is 14.2. The largest absolute Gasteiger partial charge is 0.497 e. The molecule has 1 amide bonds.